The molecule has 1 unspecified atom stereocenters. The van der Waals surface area contributed by atoms with Crippen LogP contribution in [0.4, 0.5) is 10.3 Å². The first kappa shape index (κ1) is 28.2. The Morgan fingerprint density at radius 1 is 1.00 bits per heavy atom. The third-order valence-corrected chi connectivity index (χ3v) is 9.06. The summed E-state index contributed by atoms with van der Waals surface area (Å²) in [5.74, 6) is 1.63. The standard InChI is InChI=1S/C34H35FN4O2S/c1-20-14-22(3)25(15-21(20)2)18-41-26-12-10-23(11-13-26)31-30-28(16-34(4,5)17-29(30)40)36-32-37-33(38-39(31)32)42-19-24-8-6-7-9-27(24)35/h6-15,31H,16-19H2,1-5H3,(H,36,37,38). The van der Waals surface area contributed by atoms with Gasteiger partial charge in [-0.25, -0.2) is 9.07 Å². The predicted molar refractivity (Wildman–Crippen MR) is 164 cm³/mol. The summed E-state index contributed by atoms with van der Waals surface area (Å²) in [6.45, 7) is 11.1. The first-order chi connectivity index (χ1) is 20.1. The van der Waals surface area contributed by atoms with Crippen molar-refractivity contribution in [1.82, 2.24) is 14.8 Å². The quantitative estimate of drug-likeness (QED) is 0.224. The summed E-state index contributed by atoms with van der Waals surface area (Å²) in [6, 6.07) is 18.6. The molecule has 216 valence electrons. The van der Waals surface area contributed by atoms with Crippen molar-refractivity contribution in [1.29, 1.82) is 0 Å². The fraction of sp³-hybridized carbons (Fsp3) is 0.324. The van der Waals surface area contributed by atoms with E-state index >= 15 is 0 Å². The van der Waals surface area contributed by atoms with E-state index in [2.05, 4.69) is 52.1 Å². The van der Waals surface area contributed by atoms with Crippen LogP contribution >= 0.6 is 11.8 Å². The van der Waals surface area contributed by atoms with E-state index in [1.54, 1.807) is 16.8 Å². The molecule has 4 aromatic rings. The largest absolute Gasteiger partial charge is 0.489 e. The zero-order valence-electron chi connectivity index (χ0n) is 24.6. The maximum absolute atomic E-state index is 14.2. The third-order valence-electron chi connectivity index (χ3n) is 8.17. The smallest absolute Gasteiger partial charge is 0.227 e. The molecule has 1 N–H and O–H groups in total. The zero-order chi connectivity index (χ0) is 29.6. The molecule has 42 heavy (non-hydrogen) atoms. The maximum Gasteiger partial charge on any atom is 0.227 e. The third kappa shape index (κ3) is 5.60. The van der Waals surface area contributed by atoms with Crippen molar-refractivity contribution in [3.8, 4) is 5.75 Å². The number of carbonyl (C=O) groups is 1. The lowest BCUT2D eigenvalue weighted by atomic mass is 9.73. The summed E-state index contributed by atoms with van der Waals surface area (Å²) in [5, 5.41) is 8.75. The SMILES string of the molecule is Cc1cc(C)c(COc2ccc(C3C4=C(CC(C)(C)CC4=O)Nc4nc(SCc5ccccc5F)nn43)cc2)cc1C. The molecule has 0 amide bonds. The van der Waals surface area contributed by atoms with E-state index in [0.717, 1.165) is 29.0 Å². The lowest BCUT2D eigenvalue weighted by molar-refractivity contribution is -0.118. The van der Waals surface area contributed by atoms with Gasteiger partial charge in [0.15, 0.2) is 5.78 Å². The number of nitrogens with zero attached hydrogens (tertiary/aromatic N) is 3. The Bertz CT molecular complexity index is 1710. The fourth-order valence-electron chi connectivity index (χ4n) is 5.80. The molecule has 8 heteroatoms. The number of allylic oxidation sites excluding steroid dienone is 2. The summed E-state index contributed by atoms with van der Waals surface area (Å²) >= 11 is 1.38. The van der Waals surface area contributed by atoms with E-state index in [9.17, 15) is 9.18 Å². The summed E-state index contributed by atoms with van der Waals surface area (Å²) in [5.41, 5.74) is 7.92. The first-order valence-electron chi connectivity index (χ1n) is 14.2. The molecule has 1 aliphatic carbocycles. The van der Waals surface area contributed by atoms with E-state index in [0.29, 0.717) is 35.4 Å². The van der Waals surface area contributed by atoms with Crippen molar-refractivity contribution in [3.05, 3.63) is 111 Å². The molecule has 2 aliphatic rings. The predicted octanol–water partition coefficient (Wildman–Crippen LogP) is 7.87. The second-order valence-corrected chi connectivity index (χ2v) is 13.1. The van der Waals surface area contributed by atoms with Gasteiger partial charge < -0.3 is 10.1 Å². The van der Waals surface area contributed by atoms with Crippen LogP contribution in [0.5, 0.6) is 5.75 Å². The number of ether oxygens (including phenoxy) is 1. The molecule has 0 saturated heterocycles. The zero-order valence-corrected chi connectivity index (χ0v) is 25.4. The number of Topliss-reactive ketones (excluding diaryl/α,β-unsaturated/α-hetero) is 1. The highest BCUT2D eigenvalue weighted by atomic mass is 32.2. The fourth-order valence-corrected chi connectivity index (χ4v) is 6.62. The Morgan fingerprint density at radius 3 is 2.50 bits per heavy atom. The number of anilines is 1. The van der Waals surface area contributed by atoms with Crippen molar-refractivity contribution < 1.29 is 13.9 Å². The average molecular weight is 583 g/mol. The highest BCUT2D eigenvalue weighted by molar-refractivity contribution is 7.98. The van der Waals surface area contributed by atoms with E-state index in [1.807, 2.05) is 30.3 Å². The average Bonchev–Trinajstić information content (AvgIpc) is 3.35. The Balaban J connectivity index is 1.29. The van der Waals surface area contributed by atoms with Gasteiger partial charge in [-0.3, -0.25) is 4.79 Å². The van der Waals surface area contributed by atoms with E-state index in [4.69, 9.17) is 14.8 Å². The van der Waals surface area contributed by atoms with Crippen LogP contribution in [0.3, 0.4) is 0 Å². The Morgan fingerprint density at radius 2 is 1.74 bits per heavy atom. The van der Waals surface area contributed by atoms with Gasteiger partial charge in [0.25, 0.3) is 0 Å². The van der Waals surface area contributed by atoms with Gasteiger partial charge in [0, 0.05) is 23.4 Å². The van der Waals surface area contributed by atoms with Crippen LogP contribution < -0.4 is 10.1 Å². The Hall–Kier alpha value is -3.91. The summed E-state index contributed by atoms with van der Waals surface area (Å²) < 4.78 is 22.2. The van der Waals surface area contributed by atoms with Gasteiger partial charge in [0.2, 0.25) is 11.1 Å². The molecular weight excluding hydrogens is 547 g/mol. The number of benzene rings is 3. The molecule has 6 rings (SSSR count). The number of nitrogens with one attached hydrogen (secondary N) is 1. The highest BCUT2D eigenvalue weighted by Gasteiger charge is 2.41. The van der Waals surface area contributed by atoms with Gasteiger partial charge in [-0.15, -0.1) is 5.10 Å². The number of aryl methyl sites for hydroxylation is 3. The summed E-state index contributed by atoms with van der Waals surface area (Å²) in [6.07, 6.45) is 1.21. The number of hydrogen-bond donors (Lipinski definition) is 1. The minimum atomic E-state index is -0.411. The van der Waals surface area contributed by atoms with Gasteiger partial charge in [-0.05, 0) is 84.2 Å². The highest BCUT2D eigenvalue weighted by Crippen LogP contribution is 2.46. The number of carbonyl (C=O) groups excluding carboxylic acids is 1. The van der Waals surface area contributed by atoms with Crippen molar-refractivity contribution in [2.75, 3.05) is 5.32 Å². The Labute approximate surface area is 250 Å². The number of hydrogen-bond acceptors (Lipinski definition) is 6. The second-order valence-electron chi connectivity index (χ2n) is 12.1. The van der Waals surface area contributed by atoms with Crippen LogP contribution in [0.1, 0.15) is 66.1 Å². The van der Waals surface area contributed by atoms with Crippen LogP contribution in [-0.2, 0) is 17.2 Å². The molecule has 0 spiro atoms. The molecule has 1 atom stereocenters. The van der Waals surface area contributed by atoms with Gasteiger partial charge in [0.05, 0.1) is 0 Å². The number of thioether (sulfide) groups is 1. The lowest BCUT2D eigenvalue weighted by Crippen LogP contribution is -2.36. The molecule has 6 nitrogen and oxygen atoms in total. The van der Waals surface area contributed by atoms with Crippen LogP contribution in [0.2, 0.25) is 0 Å². The molecule has 0 saturated carbocycles. The minimum absolute atomic E-state index is 0.117. The van der Waals surface area contributed by atoms with Gasteiger partial charge in [-0.2, -0.15) is 4.98 Å². The molecule has 2 heterocycles. The molecule has 1 aliphatic heterocycles. The molecule has 0 bridgehead atoms. The second kappa shape index (κ2) is 11.1. The van der Waals surface area contributed by atoms with Gasteiger partial charge in [0.1, 0.15) is 24.2 Å². The summed E-state index contributed by atoms with van der Waals surface area (Å²) in [4.78, 5) is 18.3. The number of halogens is 1. The molecular formula is C34H35FN4O2S. The minimum Gasteiger partial charge on any atom is -0.489 e. The van der Waals surface area contributed by atoms with Crippen molar-refractivity contribution in [2.45, 2.75) is 71.0 Å². The molecule has 1 aromatic heterocycles. The monoisotopic (exact) mass is 582 g/mol. The molecule has 3 aromatic carbocycles. The number of aromatic nitrogens is 3. The lowest BCUT2D eigenvalue weighted by Gasteiger charge is -2.38. The van der Waals surface area contributed by atoms with Gasteiger partial charge in [-0.1, -0.05) is 68.1 Å². The number of rotatable bonds is 7. The van der Waals surface area contributed by atoms with Crippen LogP contribution in [0.25, 0.3) is 0 Å². The van der Waals surface area contributed by atoms with Crippen LogP contribution in [-0.4, -0.2) is 20.5 Å². The van der Waals surface area contributed by atoms with Crippen molar-refractivity contribution in [3.63, 3.8) is 0 Å². The van der Waals surface area contributed by atoms with Crippen molar-refractivity contribution in [2.24, 2.45) is 5.41 Å². The summed E-state index contributed by atoms with van der Waals surface area (Å²) in [7, 11) is 0. The topological polar surface area (TPSA) is 69.0 Å². The van der Waals surface area contributed by atoms with Crippen molar-refractivity contribution >= 4 is 23.5 Å². The van der Waals surface area contributed by atoms with Gasteiger partial charge >= 0.3 is 0 Å². The van der Waals surface area contributed by atoms with E-state index in [1.165, 1.54) is 40.1 Å². The number of fused-ring (bicyclic) bond motifs is 1. The number of ketones is 1. The maximum atomic E-state index is 14.2. The Kier molecular flexibility index (Phi) is 7.43. The normalized spacial score (nSPS) is 17.5. The van der Waals surface area contributed by atoms with Crippen LogP contribution in [0.15, 0.2) is 77.1 Å². The first-order valence-corrected chi connectivity index (χ1v) is 15.2. The molecule has 0 fully saturated rings. The van der Waals surface area contributed by atoms with E-state index in [-0.39, 0.29) is 17.0 Å². The van der Waals surface area contributed by atoms with E-state index < -0.39 is 6.04 Å². The van der Waals surface area contributed by atoms with Crippen LogP contribution in [0, 0.1) is 32.0 Å². The molecule has 0 radical (unpaired) electrons.